The molecule has 0 aliphatic carbocycles. The fraction of sp³-hybridized carbons (Fsp3) is 0.111. The van der Waals surface area contributed by atoms with Crippen molar-refractivity contribution < 1.29 is 33.3 Å². The highest BCUT2D eigenvalue weighted by molar-refractivity contribution is 6.31. The number of carbonyl (C=O) groups is 2. The van der Waals surface area contributed by atoms with Crippen molar-refractivity contribution >= 4 is 34.3 Å². The zero-order valence-electron chi connectivity index (χ0n) is 18.9. The van der Waals surface area contributed by atoms with Crippen molar-refractivity contribution in [2.45, 2.75) is 12.6 Å². The number of furan rings is 1. The van der Waals surface area contributed by atoms with Gasteiger partial charge in [-0.15, -0.1) is 0 Å². The maximum Gasteiger partial charge on any atom is 0.290 e. The molecule has 9 heteroatoms. The molecule has 36 heavy (non-hydrogen) atoms. The Bertz CT molecular complexity index is 1520. The van der Waals surface area contributed by atoms with Gasteiger partial charge >= 0.3 is 0 Å². The summed E-state index contributed by atoms with van der Waals surface area (Å²) in [6, 6.07) is 15.1. The highest BCUT2D eigenvalue weighted by Gasteiger charge is 2.44. The van der Waals surface area contributed by atoms with Gasteiger partial charge in [0.15, 0.2) is 22.9 Å². The number of amides is 1. The van der Waals surface area contributed by atoms with Gasteiger partial charge in [-0.3, -0.25) is 9.59 Å². The van der Waals surface area contributed by atoms with Gasteiger partial charge in [0.25, 0.3) is 5.91 Å². The summed E-state index contributed by atoms with van der Waals surface area (Å²) in [5.41, 5.74) is 1.18. The molecule has 1 aliphatic rings. The Morgan fingerprint density at radius 3 is 2.44 bits per heavy atom. The van der Waals surface area contributed by atoms with Gasteiger partial charge in [-0.1, -0.05) is 35.9 Å². The molecular weight excluding hydrogens is 489 g/mol. The summed E-state index contributed by atoms with van der Waals surface area (Å²) in [6.07, 6.45) is 0. The predicted molar refractivity (Wildman–Crippen MR) is 130 cm³/mol. The van der Waals surface area contributed by atoms with Crippen LogP contribution in [0.5, 0.6) is 11.5 Å². The van der Waals surface area contributed by atoms with Crippen LogP contribution in [0.1, 0.15) is 27.7 Å². The van der Waals surface area contributed by atoms with Crippen molar-refractivity contribution in [2.75, 3.05) is 7.11 Å². The number of nitrogens with zero attached hydrogens (tertiary/aromatic N) is 1. The lowest BCUT2D eigenvalue weighted by molar-refractivity contribution is -0.130. The number of ether oxygens (including phenoxy) is 1. The number of methoxy groups -OCH3 is 1. The van der Waals surface area contributed by atoms with Crippen LogP contribution >= 0.6 is 11.6 Å². The summed E-state index contributed by atoms with van der Waals surface area (Å²) in [6.45, 7) is -0.00490. The SMILES string of the molecule is COc1cc(Cl)cc2cc(C(=O)C3=C(O)C(=O)N(Cc4ccc(F)cc4)C3c3ccc(O)cc3)oc12. The minimum Gasteiger partial charge on any atom is -0.508 e. The number of aliphatic hydroxyl groups is 1. The van der Waals surface area contributed by atoms with E-state index in [-0.39, 0.29) is 23.6 Å². The number of phenols is 1. The number of rotatable bonds is 6. The third-order valence-corrected chi connectivity index (χ3v) is 6.23. The number of phenolic OH excluding ortho intramolecular Hbond substituents is 1. The average molecular weight is 508 g/mol. The monoisotopic (exact) mass is 507 g/mol. The molecule has 2 heterocycles. The molecule has 0 bridgehead atoms. The number of carbonyl (C=O) groups excluding carboxylic acids is 2. The molecule has 1 atom stereocenters. The normalized spacial score (nSPS) is 15.7. The second kappa shape index (κ2) is 9.05. The van der Waals surface area contributed by atoms with Crippen LogP contribution in [-0.4, -0.2) is 33.9 Å². The van der Waals surface area contributed by atoms with E-state index in [4.69, 9.17) is 20.8 Å². The van der Waals surface area contributed by atoms with Crippen molar-refractivity contribution in [1.29, 1.82) is 0 Å². The molecule has 2 N–H and O–H groups in total. The minimum absolute atomic E-state index is 0.00417. The first-order valence-corrected chi connectivity index (χ1v) is 11.2. The van der Waals surface area contributed by atoms with Crippen LogP contribution < -0.4 is 4.74 Å². The van der Waals surface area contributed by atoms with Crippen LogP contribution in [0.15, 0.2) is 82.5 Å². The average Bonchev–Trinajstić information content (AvgIpc) is 3.40. The molecule has 0 fully saturated rings. The van der Waals surface area contributed by atoms with E-state index in [1.165, 1.54) is 54.5 Å². The molecule has 182 valence electrons. The smallest absolute Gasteiger partial charge is 0.290 e. The standard InChI is InChI=1S/C27H19ClFNO6/c1-35-21-12-17(28)10-16-11-20(36-26(16)21)24(32)22-23(15-4-8-19(31)9-5-15)30(27(34)25(22)33)13-14-2-6-18(29)7-3-14/h2-12,23,31,33H,13H2,1H3. The van der Waals surface area contributed by atoms with E-state index in [2.05, 4.69) is 0 Å². The summed E-state index contributed by atoms with van der Waals surface area (Å²) >= 11 is 6.13. The number of benzene rings is 3. The number of halogens is 2. The first-order valence-electron chi connectivity index (χ1n) is 10.9. The van der Waals surface area contributed by atoms with Gasteiger partial charge in [-0.2, -0.15) is 0 Å². The zero-order valence-corrected chi connectivity index (χ0v) is 19.6. The number of ketones is 1. The molecule has 0 saturated heterocycles. The fourth-order valence-electron chi connectivity index (χ4n) is 4.32. The molecule has 0 saturated carbocycles. The molecule has 1 amide bonds. The highest BCUT2D eigenvalue weighted by Crippen LogP contribution is 2.41. The first kappa shape index (κ1) is 23.4. The Kier molecular flexibility index (Phi) is 5.89. The van der Waals surface area contributed by atoms with Crippen LogP contribution in [-0.2, 0) is 11.3 Å². The van der Waals surface area contributed by atoms with Crippen molar-refractivity contribution in [3.8, 4) is 11.5 Å². The van der Waals surface area contributed by atoms with Crippen molar-refractivity contribution in [1.82, 2.24) is 4.90 Å². The molecular formula is C27H19ClFNO6. The summed E-state index contributed by atoms with van der Waals surface area (Å²) in [5, 5.41) is 21.5. The van der Waals surface area contributed by atoms with Gasteiger partial charge in [0, 0.05) is 23.0 Å². The number of aromatic hydroxyl groups is 1. The Hall–Kier alpha value is -4.30. The first-order chi connectivity index (χ1) is 17.3. The van der Waals surface area contributed by atoms with Gasteiger partial charge in [0.2, 0.25) is 5.78 Å². The summed E-state index contributed by atoms with van der Waals surface area (Å²) in [4.78, 5) is 28.2. The lowest BCUT2D eigenvalue weighted by Crippen LogP contribution is -2.30. The van der Waals surface area contributed by atoms with E-state index in [1.54, 1.807) is 24.3 Å². The molecule has 4 aromatic rings. The maximum atomic E-state index is 13.7. The van der Waals surface area contributed by atoms with Gasteiger partial charge in [-0.25, -0.2) is 4.39 Å². The quantitative estimate of drug-likeness (QED) is 0.324. The van der Waals surface area contributed by atoms with E-state index in [1.807, 2.05) is 0 Å². The van der Waals surface area contributed by atoms with Crippen LogP contribution in [0.4, 0.5) is 4.39 Å². The zero-order chi connectivity index (χ0) is 25.6. The van der Waals surface area contributed by atoms with Crippen LogP contribution in [0.3, 0.4) is 0 Å². The lowest BCUT2D eigenvalue weighted by atomic mass is 9.94. The molecule has 0 radical (unpaired) electrons. The lowest BCUT2D eigenvalue weighted by Gasteiger charge is -2.27. The third kappa shape index (κ3) is 4.05. The number of hydrogen-bond donors (Lipinski definition) is 2. The second-order valence-corrected chi connectivity index (χ2v) is 8.72. The third-order valence-electron chi connectivity index (χ3n) is 6.01. The molecule has 1 unspecified atom stereocenters. The van der Waals surface area contributed by atoms with Gasteiger partial charge in [0.1, 0.15) is 11.6 Å². The minimum atomic E-state index is -0.991. The van der Waals surface area contributed by atoms with E-state index >= 15 is 0 Å². The van der Waals surface area contributed by atoms with Crippen molar-refractivity contribution in [2.24, 2.45) is 0 Å². The molecule has 1 aliphatic heterocycles. The van der Waals surface area contributed by atoms with E-state index in [9.17, 15) is 24.2 Å². The Labute approximate surface area is 209 Å². The molecule has 5 rings (SSSR count). The maximum absolute atomic E-state index is 13.7. The largest absolute Gasteiger partial charge is 0.508 e. The molecule has 3 aromatic carbocycles. The van der Waals surface area contributed by atoms with Gasteiger partial charge in [-0.05, 0) is 47.5 Å². The Balaban J connectivity index is 1.60. The molecule has 7 nitrogen and oxygen atoms in total. The van der Waals surface area contributed by atoms with Gasteiger partial charge in [0.05, 0.1) is 18.7 Å². The number of Topliss-reactive ketones (excluding diaryl/α,β-unsaturated/α-hetero) is 1. The summed E-state index contributed by atoms with van der Waals surface area (Å²) < 4.78 is 24.5. The Morgan fingerprint density at radius 2 is 1.78 bits per heavy atom. The predicted octanol–water partition coefficient (Wildman–Crippen LogP) is 5.72. The summed E-state index contributed by atoms with van der Waals surface area (Å²) in [5.74, 6) is -2.41. The number of hydrogen-bond acceptors (Lipinski definition) is 6. The van der Waals surface area contributed by atoms with Crippen LogP contribution in [0.25, 0.3) is 11.0 Å². The fourth-order valence-corrected chi connectivity index (χ4v) is 4.54. The topological polar surface area (TPSA) is 100 Å². The number of fused-ring (bicyclic) bond motifs is 1. The van der Waals surface area contributed by atoms with E-state index < -0.39 is 29.3 Å². The molecule has 0 spiro atoms. The van der Waals surface area contributed by atoms with Crippen molar-refractivity contribution in [3.05, 3.63) is 106 Å². The molecule has 1 aromatic heterocycles. The second-order valence-electron chi connectivity index (χ2n) is 8.28. The van der Waals surface area contributed by atoms with E-state index in [0.717, 1.165) is 0 Å². The van der Waals surface area contributed by atoms with Gasteiger partial charge < -0.3 is 24.3 Å². The van der Waals surface area contributed by atoms with Crippen LogP contribution in [0, 0.1) is 5.82 Å². The number of aliphatic hydroxyl groups excluding tert-OH is 1. The highest BCUT2D eigenvalue weighted by atomic mass is 35.5. The van der Waals surface area contributed by atoms with E-state index in [0.29, 0.717) is 32.9 Å². The summed E-state index contributed by atoms with van der Waals surface area (Å²) in [7, 11) is 1.44. The van der Waals surface area contributed by atoms with Crippen molar-refractivity contribution in [3.63, 3.8) is 0 Å². The van der Waals surface area contributed by atoms with Crippen LogP contribution in [0.2, 0.25) is 5.02 Å². The Morgan fingerprint density at radius 1 is 1.08 bits per heavy atom.